The van der Waals surface area contributed by atoms with E-state index in [0.717, 1.165) is 12.1 Å². The van der Waals surface area contributed by atoms with Gasteiger partial charge in [-0.15, -0.1) is 11.6 Å². The molecule has 0 aliphatic rings. The van der Waals surface area contributed by atoms with E-state index in [1.54, 1.807) is 0 Å². The standard InChI is InChI=1S/C10H8ClF2NO3/c1-5(15)9(11)6-2-3-8(14(16)17)7(4-6)10(12)13/h2-4,9-10H,1H3. The summed E-state index contributed by atoms with van der Waals surface area (Å²) in [6.45, 7) is 1.21. The maximum atomic E-state index is 12.6. The van der Waals surface area contributed by atoms with Gasteiger partial charge in [-0.3, -0.25) is 14.9 Å². The third kappa shape index (κ3) is 2.97. The molecule has 0 radical (unpaired) electrons. The number of hydrogen-bond acceptors (Lipinski definition) is 3. The summed E-state index contributed by atoms with van der Waals surface area (Å²) in [6, 6.07) is 3.01. The Bertz CT molecular complexity index is 465. The van der Waals surface area contributed by atoms with Gasteiger partial charge in [-0.2, -0.15) is 0 Å². The Balaban J connectivity index is 3.28. The maximum absolute atomic E-state index is 12.6. The molecule has 0 aliphatic carbocycles. The smallest absolute Gasteiger partial charge is 0.278 e. The number of nitro benzene ring substituents is 1. The molecule has 1 aromatic carbocycles. The summed E-state index contributed by atoms with van der Waals surface area (Å²) < 4.78 is 25.2. The zero-order valence-electron chi connectivity index (χ0n) is 8.69. The number of carbonyl (C=O) groups is 1. The van der Waals surface area contributed by atoms with E-state index < -0.39 is 33.8 Å². The van der Waals surface area contributed by atoms with Gasteiger partial charge in [0.1, 0.15) is 5.38 Å². The molecular formula is C10H8ClF2NO3. The summed E-state index contributed by atoms with van der Waals surface area (Å²) in [5.74, 6) is -0.416. The zero-order chi connectivity index (χ0) is 13.2. The molecule has 1 aromatic rings. The predicted octanol–water partition coefficient (Wildman–Crippen LogP) is 3.40. The largest absolute Gasteiger partial charge is 0.298 e. The van der Waals surface area contributed by atoms with Gasteiger partial charge in [0, 0.05) is 6.07 Å². The van der Waals surface area contributed by atoms with Crippen LogP contribution in [0.1, 0.15) is 29.9 Å². The highest BCUT2D eigenvalue weighted by atomic mass is 35.5. The fourth-order valence-electron chi connectivity index (χ4n) is 1.31. The normalized spacial score (nSPS) is 12.5. The average molecular weight is 264 g/mol. The number of Topliss-reactive ketones (excluding diaryl/α,β-unsaturated/α-hetero) is 1. The van der Waals surface area contributed by atoms with Crippen molar-refractivity contribution in [1.29, 1.82) is 0 Å². The molecule has 0 heterocycles. The highest BCUT2D eigenvalue weighted by Gasteiger charge is 2.24. The van der Waals surface area contributed by atoms with Crippen molar-refractivity contribution >= 4 is 23.1 Å². The van der Waals surface area contributed by atoms with E-state index in [1.807, 2.05) is 0 Å². The molecule has 0 N–H and O–H groups in total. The van der Waals surface area contributed by atoms with Crippen LogP contribution in [0.3, 0.4) is 0 Å². The molecule has 0 spiro atoms. The van der Waals surface area contributed by atoms with E-state index in [2.05, 4.69) is 0 Å². The number of carbonyl (C=O) groups excluding carboxylic acids is 1. The minimum absolute atomic E-state index is 0.125. The molecule has 1 unspecified atom stereocenters. The lowest BCUT2D eigenvalue weighted by Gasteiger charge is -2.08. The molecule has 0 aliphatic heterocycles. The monoisotopic (exact) mass is 263 g/mol. The van der Waals surface area contributed by atoms with Gasteiger partial charge in [0.15, 0.2) is 5.78 Å². The quantitative estimate of drug-likeness (QED) is 0.475. The molecule has 0 amide bonds. The van der Waals surface area contributed by atoms with Crippen molar-refractivity contribution in [2.75, 3.05) is 0 Å². The lowest BCUT2D eigenvalue weighted by atomic mass is 10.0. The van der Waals surface area contributed by atoms with Crippen molar-refractivity contribution in [2.24, 2.45) is 0 Å². The molecule has 4 nitrogen and oxygen atoms in total. The van der Waals surface area contributed by atoms with Crippen molar-refractivity contribution in [3.8, 4) is 0 Å². The van der Waals surface area contributed by atoms with Crippen LogP contribution in [0.2, 0.25) is 0 Å². The van der Waals surface area contributed by atoms with Crippen molar-refractivity contribution in [1.82, 2.24) is 0 Å². The van der Waals surface area contributed by atoms with Gasteiger partial charge >= 0.3 is 0 Å². The molecule has 92 valence electrons. The molecule has 0 bridgehead atoms. The van der Waals surface area contributed by atoms with Crippen LogP contribution >= 0.6 is 11.6 Å². The molecular weight excluding hydrogens is 256 g/mol. The van der Waals surface area contributed by atoms with Crippen molar-refractivity contribution in [3.63, 3.8) is 0 Å². The van der Waals surface area contributed by atoms with Gasteiger partial charge in [-0.1, -0.05) is 6.07 Å². The Morgan fingerprint density at radius 1 is 1.47 bits per heavy atom. The number of ketones is 1. The van der Waals surface area contributed by atoms with E-state index in [4.69, 9.17) is 11.6 Å². The Kier molecular flexibility index (Phi) is 4.11. The van der Waals surface area contributed by atoms with Crippen molar-refractivity contribution in [3.05, 3.63) is 39.4 Å². The topological polar surface area (TPSA) is 60.2 Å². The molecule has 1 atom stereocenters. The van der Waals surface area contributed by atoms with Gasteiger partial charge in [-0.05, 0) is 18.6 Å². The first kappa shape index (κ1) is 13.5. The van der Waals surface area contributed by atoms with Crippen molar-refractivity contribution < 1.29 is 18.5 Å². The number of benzene rings is 1. The first-order valence-corrected chi connectivity index (χ1v) is 4.99. The summed E-state index contributed by atoms with van der Waals surface area (Å²) in [5.41, 5.74) is -1.30. The Morgan fingerprint density at radius 3 is 2.47 bits per heavy atom. The number of rotatable bonds is 4. The molecule has 17 heavy (non-hydrogen) atoms. The molecule has 1 rings (SSSR count). The highest BCUT2D eigenvalue weighted by molar-refractivity contribution is 6.30. The second kappa shape index (κ2) is 5.18. The summed E-state index contributed by atoms with van der Waals surface area (Å²) in [4.78, 5) is 20.6. The van der Waals surface area contributed by atoms with Gasteiger partial charge in [0.2, 0.25) is 0 Å². The Morgan fingerprint density at radius 2 is 2.06 bits per heavy atom. The third-order valence-electron chi connectivity index (χ3n) is 2.13. The molecule has 0 fully saturated rings. The van der Waals surface area contributed by atoms with E-state index in [-0.39, 0.29) is 5.56 Å². The van der Waals surface area contributed by atoms with Crippen molar-refractivity contribution in [2.45, 2.75) is 18.7 Å². The fourth-order valence-corrected chi connectivity index (χ4v) is 1.44. The SMILES string of the molecule is CC(=O)C(Cl)c1ccc([N+](=O)[O-])c(C(F)F)c1. The van der Waals surface area contributed by atoms with Gasteiger partial charge < -0.3 is 0 Å². The zero-order valence-corrected chi connectivity index (χ0v) is 9.45. The van der Waals surface area contributed by atoms with Crippen LogP contribution in [0.5, 0.6) is 0 Å². The first-order chi connectivity index (χ1) is 7.84. The minimum atomic E-state index is -2.99. The highest BCUT2D eigenvalue weighted by Crippen LogP contribution is 2.33. The lowest BCUT2D eigenvalue weighted by molar-refractivity contribution is -0.386. The molecule has 7 heteroatoms. The number of halogens is 3. The van der Waals surface area contributed by atoms with Crippen LogP contribution in [0.4, 0.5) is 14.5 Å². The van der Waals surface area contributed by atoms with Crippen LogP contribution < -0.4 is 0 Å². The number of alkyl halides is 3. The number of nitro groups is 1. The predicted molar refractivity (Wildman–Crippen MR) is 57.3 cm³/mol. The van der Waals surface area contributed by atoms with Gasteiger partial charge in [0.25, 0.3) is 12.1 Å². The first-order valence-electron chi connectivity index (χ1n) is 4.55. The van der Waals surface area contributed by atoms with E-state index in [0.29, 0.717) is 0 Å². The second-order valence-corrected chi connectivity index (χ2v) is 3.79. The van der Waals surface area contributed by atoms with Crippen LogP contribution in [-0.4, -0.2) is 10.7 Å². The summed E-state index contributed by atoms with van der Waals surface area (Å²) in [6.07, 6.45) is -2.99. The van der Waals surface area contributed by atoms with Crippen LogP contribution in [0.15, 0.2) is 18.2 Å². The molecule has 0 saturated heterocycles. The van der Waals surface area contributed by atoms with Crippen LogP contribution in [-0.2, 0) is 4.79 Å². The number of nitrogens with zero attached hydrogens (tertiary/aromatic N) is 1. The average Bonchev–Trinajstić information content (AvgIpc) is 2.26. The fraction of sp³-hybridized carbons (Fsp3) is 0.300. The van der Waals surface area contributed by atoms with Crippen LogP contribution in [0.25, 0.3) is 0 Å². The van der Waals surface area contributed by atoms with E-state index in [9.17, 15) is 23.7 Å². The molecule has 0 aromatic heterocycles. The maximum Gasteiger partial charge on any atom is 0.278 e. The van der Waals surface area contributed by atoms with E-state index in [1.165, 1.54) is 13.0 Å². The molecule has 0 saturated carbocycles. The third-order valence-corrected chi connectivity index (χ3v) is 2.69. The summed E-state index contributed by atoms with van der Waals surface area (Å²) >= 11 is 5.69. The van der Waals surface area contributed by atoms with Crippen LogP contribution in [0, 0.1) is 10.1 Å². The Labute approximate surface area is 100 Å². The second-order valence-electron chi connectivity index (χ2n) is 3.35. The summed E-state index contributed by atoms with van der Waals surface area (Å²) in [5, 5.41) is 9.44. The van der Waals surface area contributed by atoms with E-state index >= 15 is 0 Å². The lowest BCUT2D eigenvalue weighted by Crippen LogP contribution is -2.04. The minimum Gasteiger partial charge on any atom is -0.298 e. The summed E-state index contributed by atoms with van der Waals surface area (Å²) in [7, 11) is 0. The number of hydrogen-bond donors (Lipinski definition) is 0. The van der Waals surface area contributed by atoms with Gasteiger partial charge in [0.05, 0.1) is 10.5 Å². The Hall–Kier alpha value is -1.56. The van der Waals surface area contributed by atoms with Gasteiger partial charge in [-0.25, -0.2) is 8.78 Å².